The van der Waals surface area contributed by atoms with Gasteiger partial charge in [-0.3, -0.25) is 0 Å². The lowest BCUT2D eigenvalue weighted by Gasteiger charge is -1.97. The number of hydrogen-bond acceptors (Lipinski definition) is 4. The second kappa shape index (κ2) is 5.33. The van der Waals surface area contributed by atoms with E-state index in [-0.39, 0.29) is 6.61 Å². The Labute approximate surface area is 51.8 Å². The van der Waals surface area contributed by atoms with Crippen molar-refractivity contribution in [1.29, 1.82) is 0 Å². The fourth-order valence-electron chi connectivity index (χ4n) is 0.206. The third-order valence-corrected chi connectivity index (χ3v) is 0.461. The van der Waals surface area contributed by atoms with Gasteiger partial charge in [-0.25, -0.2) is 4.79 Å². The molecule has 1 radical (unpaired) electrons. The molecule has 0 unspecified atom stereocenters. The summed E-state index contributed by atoms with van der Waals surface area (Å²) in [6, 6.07) is 0. The van der Waals surface area contributed by atoms with E-state index >= 15 is 0 Å². The molecular weight excluding hydrogens is 128 g/mol. The van der Waals surface area contributed by atoms with E-state index < -0.39 is 12.9 Å². The van der Waals surface area contributed by atoms with Crippen molar-refractivity contribution < 1.29 is 24.5 Å². The van der Waals surface area contributed by atoms with Gasteiger partial charge in [0.25, 0.3) is 0 Å². The number of carboxylic acid groups (broad SMARTS) is 1. The smallest absolute Gasteiger partial charge is 0.450 e. The van der Waals surface area contributed by atoms with Gasteiger partial charge in [0.05, 0.1) is 6.61 Å². The lowest BCUT2D eigenvalue weighted by atomic mass is 10.8. The highest BCUT2D eigenvalue weighted by Gasteiger charge is 1.94. The van der Waals surface area contributed by atoms with Crippen LogP contribution >= 0.6 is 0 Å². The molecule has 5 heteroatoms. The summed E-state index contributed by atoms with van der Waals surface area (Å²) < 4.78 is 8.20. The highest BCUT2D eigenvalue weighted by Crippen LogP contribution is 1.82. The van der Waals surface area contributed by atoms with Gasteiger partial charge in [-0.15, -0.1) is 0 Å². The van der Waals surface area contributed by atoms with E-state index in [1.807, 2.05) is 0 Å². The molecule has 5 nitrogen and oxygen atoms in total. The van der Waals surface area contributed by atoms with Gasteiger partial charge in [0.2, 0.25) is 0 Å². The minimum atomic E-state index is -1.39. The molecule has 53 valence electrons. The van der Waals surface area contributed by atoms with Crippen LogP contribution in [0.3, 0.4) is 0 Å². The van der Waals surface area contributed by atoms with E-state index in [1.54, 1.807) is 0 Å². The van der Waals surface area contributed by atoms with Crippen LogP contribution in [0.2, 0.25) is 0 Å². The van der Waals surface area contributed by atoms with Gasteiger partial charge in [0.15, 0.2) is 6.61 Å². The molecule has 2 N–H and O–H groups in total. The first kappa shape index (κ1) is 8.19. The number of carbonyl (C=O) groups is 1. The van der Waals surface area contributed by atoms with Crippen molar-refractivity contribution in [3.63, 3.8) is 0 Å². The number of aliphatic hydroxyl groups excluding tert-OH is 1. The molecule has 0 bridgehead atoms. The molecule has 0 amide bonds. The normalized spacial score (nSPS) is 9.00. The molecule has 0 spiro atoms. The van der Waals surface area contributed by atoms with Crippen molar-refractivity contribution >= 4 is 6.16 Å². The minimum Gasteiger partial charge on any atom is -0.450 e. The lowest BCUT2D eigenvalue weighted by molar-refractivity contribution is -0.00760. The van der Waals surface area contributed by atoms with Crippen molar-refractivity contribution in [3.8, 4) is 0 Å². The van der Waals surface area contributed by atoms with Crippen molar-refractivity contribution in [2.45, 2.75) is 0 Å². The Kier molecular flexibility index (Phi) is 4.85. The summed E-state index contributed by atoms with van der Waals surface area (Å²) in [5.41, 5.74) is 0. The Morgan fingerprint density at radius 3 is 2.78 bits per heavy atom. The van der Waals surface area contributed by atoms with E-state index in [1.165, 1.54) is 0 Å². The summed E-state index contributed by atoms with van der Waals surface area (Å²) in [5, 5.41) is 15.8. The molecule has 0 aliphatic heterocycles. The van der Waals surface area contributed by atoms with Crippen LogP contribution in [0.4, 0.5) is 4.79 Å². The van der Waals surface area contributed by atoms with Crippen LogP contribution in [-0.2, 0) is 9.47 Å². The summed E-state index contributed by atoms with van der Waals surface area (Å²) >= 11 is 0. The van der Waals surface area contributed by atoms with E-state index in [2.05, 4.69) is 9.47 Å². The summed E-state index contributed by atoms with van der Waals surface area (Å²) in [6.45, 7) is 0.445. The molecule has 9 heavy (non-hydrogen) atoms. The number of ether oxygens (including phenoxy) is 2. The monoisotopic (exact) mass is 135 g/mol. The first-order valence-corrected chi connectivity index (χ1v) is 2.17. The van der Waals surface area contributed by atoms with Crippen molar-refractivity contribution in [3.05, 3.63) is 6.61 Å². The molecule has 0 fully saturated rings. The van der Waals surface area contributed by atoms with E-state index in [0.29, 0.717) is 0 Å². The highest BCUT2D eigenvalue weighted by atomic mass is 16.7. The highest BCUT2D eigenvalue weighted by molar-refractivity contribution is 5.57. The predicted molar refractivity (Wildman–Crippen MR) is 26.4 cm³/mol. The van der Waals surface area contributed by atoms with Crippen LogP contribution < -0.4 is 0 Å². The van der Waals surface area contributed by atoms with Crippen LogP contribution in [0.15, 0.2) is 0 Å². The minimum absolute atomic E-state index is 0.0389. The Morgan fingerprint density at radius 1 is 1.67 bits per heavy atom. The standard InChI is InChI=1S/C4H7O5/c5-3-8-1-2-9-4(6)7/h2,5H,1,3H2,(H,6,7). The number of hydrogen-bond donors (Lipinski definition) is 2. The molecule has 0 saturated carbocycles. The van der Waals surface area contributed by atoms with Crippen LogP contribution in [0.5, 0.6) is 0 Å². The van der Waals surface area contributed by atoms with E-state index in [9.17, 15) is 4.79 Å². The average Bonchev–Trinajstić information content (AvgIpc) is 1.80. The van der Waals surface area contributed by atoms with Gasteiger partial charge in [0.1, 0.15) is 6.79 Å². The molecule has 0 rings (SSSR count). The maximum Gasteiger partial charge on any atom is 0.506 e. The molecule has 0 aromatic heterocycles. The van der Waals surface area contributed by atoms with Gasteiger partial charge in [-0.1, -0.05) is 0 Å². The van der Waals surface area contributed by atoms with Gasteiger partial charge in [-0.05, 0) is 0 Å². The maximum atomic E-state index is 9.59. The summed E-state index contributed by atoms with van der Waals surface area (Å²) in [6.07, 6.45) is -1.39. The van der Waals surface area contributed by atoms with Gasteiger partial charge in [0, 0.05) is 0 Å². The van der Waals surface area contributed by atoms with Gasteiger partial charge < -0.3 is 19.7 Å². The fourth-order valence-corrected chi connectivity index (χ4v) is 0.206. The number of rotatable bonds is 4. The zero-order chi connectivity index (χ0) is 7.11. The van der Waals surface area contributed by atoms with Gasteiger partial charge >= 0.3 is 6.16 Å². The molecular formula is C4H7O5. The molecule has 0 saturated heterocycles. The summed E-state index contributed by atoms with van der Waals surface area (Å²) in [5.74, 6) is 0. The zero-order valence-corrected chi connectivity index (χ0v) is 4.61. The Bertz CT molecular complexity index is 81.0. The SMILES string of the molecule is O=C(O)O[CH]COCO. The zero-order valence-electron chi connectivity index (χ0n) is 4.61. The molecule has 0 aliphatic carbocycles. The lowest BCUT2D eigenvalue weighted by Crippen LogP contribution is -2.03. The quantitative estimate of drug-likeness (QED) is 0.317. The third kappa shape index (κ3) is 7.19. The van der Waals surface area contributed by atoms with Crippen molar-refractivity contribution in [1.82, 2.24) is 0 Å². The first-order valence-electron chi connectivity index (χ1n) is 2.17. The molecule has 0 aliphatic rings. The van der Waals surface area contributed by atoms with E-state index in [4.69, 9.17) is 10.2 Å². The largest absolute Gasteiger partial charge is 0.506 e. The predicted octanol–water partition coefficient (Wildman–Crippen LogP) is -0.191. The Hall–Kier alpha value is -0.810. The number of aliphatic hydroxyl groups is 1. The summed E-state index contributed by atoms with van der Waals surface area (Å²) in [7, 11) is 0. The molecule has 0 aromatic rings. The van der Waals surface area contributed by atoms with Crippen LogP contribution in [0.1, 0.15) is 0 Å². The Morgan fingerprint density at radius 2 is 2.33 bits per heavy atom. The van der Waals surface area contributed by atoms with Crippen molar-refractivity contribution in [2.24, 2.45) is 0 Å². The second-order valence-electron chi connectivity index (χ2n) is 1.05. The van der Waals surface area contributed by atoms with Crippen LogP contribution in [0.25, 0.3) is 0 Å². The van der Waals surface area contributed by atoms with Crippen LogP contribution in [-0.4, -0.2) is 29.8 Å². The molecule has 0 atom stereocenters. The fraction of sp³-hybridized carbons (Fsp3) is 0.500. The van der Waals surface area contributed by atoms with Gasteiger partial charge in [-0.2, -0.15) is 0 Å². The van der Waals surface area contributed by atoms with Crippen LogP contribution in [0, 0.1) is 6.61 Å². The average molecular weight is 135 g/mol. The Balaban J connectivity index is 2.83. The topological polar surface area (TPSA) is 76.0 Å². The molecule has 0 heterocycles. The third-order valence-electron chi connectivity index (χ3n) is 0.461. The van der Waals surface area contributed by atoms with E-state index in [0.717, 1.165) is 6.61 Å². The maximum absolute atomic E-state index is 9.59. The first-order chi connectivity index (χ1) is 4.27. The van der Waals surface area contributed by atoms with Crippen molar-refractivity contribution in [2.75, 3.05) is 13.4 Å². The summed E-state index contributed by atoms with van der Waals surface area (Å²) in [4.78, 5) is 9.59. The second-order valence-corrected chi connectivity index (χ2v) is 1.05. The molecule has 0 aromatic carbocycles.